The molecule has 0 aliphatic carbocycles. The zero-order valence-corrected chi connectivity index (χ0v) is 12.2. The van der Waals surface area contributed by atoms with Crippen molar-refractivity contribution in [3.63, 3.8) is 0 Å². The molecule has 2 rings (SSSR count). The molecule has 0 atom stereocenters. The van der Waals surface area contributed by atoms with Gasteiger partial charge < -0.3 is 10.2 Å². The number of nitrogens with one attached hydrogen (secondary N) is 1. The fourth-order valence-electron chi connectivity index (χ4n) is 2.38. The monoisotopic (exact) mass is 292 g/mol. The summed E-state index contributed by atoms with van der Waals surface area (Å²) < 4.78 is 0. The number of carbonyl (C=O) groups is 1. The molecule has 20 heavy (non-hydrogen) atoms. The van der Waals surface area contributed by atoms with E-state index in [0.717, 1.165) is 32.5 Å². The Kier molecular flexibility index (Phi) is 4.80. The number of anilines is 1. The van der Waals surface area contributed by atoms with Crippen LogP contribution in [0.5, 0.6) is 0 Å². The number of rotatable bonds is 3. The van der Waals surface area contributed by atoms with Gasteiger partial charge in [-0.2, -0.15) is 5.26 Å². The van der Waals surface area contributed by atoms with Crippen LogP contribution in [0.25, 0.3) is 0 Å². The molecule has 1 N–H and O–H groups in total. The lowest BCUT2D eigenvalue weighted by Gasteiger charge is -2.33. The quantitative estimate of drug-likeness (QED) is 0.924. The van der Waals surface area contributed by atoms with Crippen LogP contribution in [0, 0.1) is 17.2 Å². The average molecular weight is 293 g/mol. The van der Waals surface area contributed by atoms with Crippen LogP contribution in [0.1, 0.15) is 25.3 Å². The van der Waals surface area contributed by atoms with E-state index in [0.29, 0.717) is 22.3 Å². The fourth-order valence-corrected chi connectivity index (χ4v) is 2.65. The third-order valence-electron chi connectivity index (χ3n) is 3.55. The van der Waals surface area contributed by atoms with Crippen molar-refractivity contribution in [3.05, 3.63) is 22.8 Å². The molecule has 1 amide bonds. The lowest BCUT2D eigenvalue weighted by molar-refractivity contribution is -0.119. The molecule has 0 bridgehead atoms. The van der Waals surface area contributed by atoms with E-state index in [1.165, 1.54) is 6.92 Å². The molecule has 2 heterocycles. The van der Waals surface area contributed by atoms with E-state index in [1.807, 2.05) is 0 Å². The van der Waals surface area contributed by atoms with Crippen molar-refractivity contribution in [2.45, 2.75) is 19.8 Å². The van der Waals surface area contributed by atoms with Gasteiger partial charge in [-0.1, -0.05) is 11.6 Å². The minimum atomic E-state index is 0.0128. The molecule has 1 fully saturated rings. The minimum absolute atomic E-state index is 0.0128. The second-order valence-corrected chi connectivity index (χ2v) is 5.35. The van der Waals surface area contributed by atoms with Crippen molar-refractivity contribution < 1.29 is 4.79 Å². The summed E-state index contributed by atoms with van der Waals surface area (Å²) in [4.78, 5) is 17.3. The summed E-state index contributed by atoms with van der Waals surface area (Å²) in [7, 11) is 0. The Morgan fingerprint density at radius 1 is 1.60 bits per heavy atom. The standard InChI is InChI=1S/C14H17ClN4O/c1-10(20)18-9-11-3-6-19(7-4-11)14-13(15)12(8-16)2-5-17-14/h2,5,11H,3-4,6-7,9H2,1H3,(H,18,20). The van der Waals surface area contributed by atoms with Crippen LogP contribution in [0.3, 0.4) is 0 Å². The molecule has 1 aromatic heterocycles. The van der Waals surface area contributed by atoms with E-state index in [4.69, 9.17) is 16.9 Å². The normalized spacial score (nSPS) is 15.8. The van der Waals surface area contributed by atoms with E-state index in [9.17, 15) is 4.79 Å². The molecular formula is C14H17ClN4O. The van der Waals surface area contributed by atoms with Crippen LogP contribution in [0.4, 0.5) is 5.82 Å². The maximum atomic E-state index is 10.9. The second kappa shape index (κ2) is 6.58. The zero-order chi connectivity index (χ0) is 14.5. The third kappa shape index (κ3) is 3.40. The number of carbonyl (C=O) groups excluding carboxylic acids is 1. The Morgan fingerprint density at radius 2 is 2.30 bits per heavy atom. The lowest BCUT2D eigenvalue weighted by atomic mass is 9.96. The van der Waals surface area contributed by atoms with Crippen LogP contribution in [0.2, 0.25) is 5.02 Å². The molecule has 1 saturated heterocycles. The number of piperidine rings is 1. The van der Waals surface area contributed by atoms with E-state index in [2.05, 4.69) is 21.3 Å². The van der Waals surface area contributed by atoms with Gasteiger partial charge >= 0.3 is 0 Å². The number of hydrogen-bond donors (Lipinski definition) is 1. The van der Waals surface area contributed by atoms with Crippen molar-refractivity contribution in [1.29, 1.82) is 5.26 Å². The Bertz CT molecular complexity index is 532. The first-order chi connectivity index (χ1) is 9.61. The summed E-state index contributed by atoms with van der Waals surface area (Å²) >= 11 is 6.20. The smallest absolute Gasteiger partial charge is 0.216 e. The molecule has 1 aliphatic rings. The molecule has 0 unspecified atom stereocenters. The summed E-state index contributed by atoms with van der Waals surface area (Å²) in [6.45, 7) is 3.94. The maximum absolute atomic E-state index is 10.9. The molecule has 6 heteroatoms. The average Bonchev–Trinajstić information content (AvgIpc) is 2.46. The molecular weight excluding hydrogens is 276 g/mol. The fraction of sp³-hybridized carbons (Fsp3) is 0.500. The Hall–Kier alpha value is -1.80. The largest absolute Gasteiger partial charge is 0.356 e. The van der Waals surface area contributed by atoms with Gasteiger partial charge in [-0.15, -0.1) is 0 Å². The highest BCUT2D eigenvalue weighted by atomic mass is 35.5. The van der Waals surface area contributed by atoms with Crippen LogP contribution in [-0.2, 0) is 4.79 Å². The first kappa shape index (κ1) is 14.6. The van der Waals surface area contributed by atoms with Crippen LogP contribution < -0.4 is 10.2 Å². The number of aromatic nitrogens is 1. The molecule has 1 aromatic rings. The SMILES string of the molecule is CC(=O)NCC1CCN(c2nccc(C#N)c2Cl)CC1. The summed E-state index contributed by atoms with van der Waals surface area (Å²) in [6.07, 6.45) is 3.58. The van der Waals surface area contributed by atoms with Crippen molar-refractivity contribution >= 4 is 23.3 Å². The molecule has 0 aromatic carbocycles. The molecule has 0 radical (unpaired) electrons. The summed E-state index contributed by atoms with van der Waals surface area (Å²) in [6, 6.07) is 3.69. The molecule has 106 valence electrons. The second-order valence-electron chi connectivity index (χ2n) is 4.98. The van der Waals surface area contributed by atoms with Gasteiger partial charge in [-0.3, -0.25) is 4.79 Å². The maximum Gasteiger partial charge on any atom is 0.216 e. The van der Waals surface area contributed by atoms with Crippen molar-refractivity contribution in [2.24, 2.45) is 5.92 Å². The zero-order valence-electron chi connectivity index (χ0n) is 11.4. The highest BCUT2D eigenvalue weighted by Crippen LogP contribution is 2.29. The third-order valence-corrected chi connectivity index (χ3v) is 3.92. The minimum Gasteiger partial charge on any atom is -0.356 e. The van der Waals surface area contributed by atoms with E-state index < -0.39 is 0 Å². The summed E-state index contributed by atoms with van der Waals surface area (Å²) in [5.74, 6) is 1.19. The highest BCUT2D eigenvalue weighted by molar-refractivity contribution is 6.34. The number of pyridine rings is 1. The van der Waals surface area contributed by atoms with Gasteiger partial charge in [0, 0.05) is 32.8 Å². The topological polar surface area (TPSA) is 69.0 Å². The molecule has 5 nitrogen and oxygen atoms in total. The van der Waals surface area contributed by atoms with E-state index in [-0.39, 0.29) is 5.91 Å². The molecule has 0 saturated carbocycles. The van der Waals surface area contributed by atoms with Gasteiger partial charge in [-0.25, -0.2) is 4.98 Å². The van der Waals surface area contributed by atoms with Crippen molar-refractivity contribution in [3.8, 4) is 6.07 Å². The number of halogens is 1. The first-order valence-corrected chi connectivity index (χ1v) is 7.03. The van der Waals surface area contributed by atoms with Crippen LogP contribution in [0.15, 0.2) is 12.3 Å². The van der Waals surface area contributed by atoms with Crippen molar-refractivity contribution in [1.82, 2.24) is 10.3 Å². The predicted octanol–water partition coefficient (Wildman–Crippen LogP) is 1.96. The number of amides is 1. The molecule has 0 spiro atoms. The number of nitriles is 1. The Labute approximate surface area is 123 Å². The van der Waals surface area contributed by atoms with Crippen LogP contribution >= 0.6 is 11.6 Å². The lowest BCUT2D eigenvalue weighted by Crippen LogP contribution is -2.38. The Balaban J connectivity index is 1.97. The number of nitrogens with zero attached hydrogens (tertiary/aromatic N) is 3. The van der Waals surface area contributed by atoms with Gasteiger partial charge in [0.05, 0.1) is 5.56 Å². The van der Waals surface area contributed by atoms with E-state index in [1.54, 1.807) is 12.3 Å². The Morgan fingerprint density at radius 3 is 2.90 bits per heavy atom. The van der Waals surface area contributed by atoms with Gasteiger partial charge in [0.25, 0.3) is 0 Å². The van der Waals surface area contributed by atoms with Gasteiger partial charge in [0.1, 0.15) is 16.9 Å². The van der Waals surface area contributed by atoms with Gasteiger partial charge in [0.2, 0.25) is 5.91 Å². The first-order valence-electron chi connectivity index (χ1n) is 6.65. The van der Waals surface area contributed by atoms with Gasteiger partial charge in [-0.05, 0) is 24.8 Å². The highest BCUT2D eigenvalue weighted by Gasteiger charge is 2.22. The van der Waals surface area contributed by atoms with E-state index >= 15 is 0 Å². The predicted molar refractivity (Wildman–Crippen MR) is 77.6 cm³/mol. The van der Waals surface area contributed by atoms with Crippen LogP contribution in [-0.4, -0.2) is 30.5 Å². The summed E-state index contributed by atoms with van der Waals surface area (Å²) in [5.41, 5.74) is 0.456. The summed E-state index contributed by atoms with van der Waals surface area (Å²) in [5, 5.41) is 12.3. The molecule has 1 aliphatic heterocycles. The van der Waals surface area contributed by atoms with Gasteiger partial charge in [0.15, 0.2) is 0 Å². The van der Waals surface area contributed by atoms with Crippen molar-refractivity contribution in [2.75, 3.05) is 24.5 Å². The number of hydrogen-bond acceptors (Lipinski definition) is 4.